The summed E-state index contributed by atoms with van der Waals surface area (Å²) in [7, 11) is 1.46. The van der Waals surface area contributed by atoms with Crippen molar-refractivity contribution in [1.29, 1.82) is 0 Å². The van der Waals surface area contributed by atoms with Gasteiger partial charge in [-0.3, -0.25) is 9.69 Å². The molecule has 1 aliphatic heterocycles. The molecule has 1 aliphatic rings. The van der Waals surface area contributed by atoms with Crippen LogP contribution in [0.1, 0.15) is 28.8 Å². The number of benzene rings is 2. The summed E-state index contributed by atoms with van der Waals surface area (Å²) in [5.74, 6) is -0.133. The molecule has 1 heterocycles. The van der Waals surface area contributed by atoms with Crippen LogP contribution in [0, 0.1) is 0 Å². The Morgan fingerprint density at radius 3 is 2.56 bits per heavy atom. The van der Waals surface area contributed by atoms with Crippen LogP contribution in [0.3, 0.4) is 0 Å². The number of carbonyl (C=O) groups excluding carboxylic acids is 2. The van der Waals surface area contributed by atoms with Gasteiger partial charge in [0.15, 0.2) is 0 Å². The Morgan fingerprint density at radius 1 is 1.22 bits per heavy atom. The van der Waals surface area contributed by atoms with Crippen LogP contribution in [0.5, 0.6) is 5.75 Å². The van der Waals surface area contributed by atoms with Gasteiger partial charge in [0.2, 0.25) is 5.91 Å². The van der Waals surface area contributed by atoms with Crippen molar-refractivity contribution >= 4 is 45.1 Å². The van der Waals surface area contributed by atoms with Gasteiger partial charge >= 0.3 is 5.97 Å². The third-order valence-corrected chi connectivity index (χ3v) is 6.27. The Balaban J connectivity index is 1.38. The Kier molecular flexibility index (Phi) is 8.78. The summed E-state index contributed by atoms with van der Waals surface area (Å²) < 4.78 is 11.6. The van der Waals surface area contributed by atoms with Gasteiger partial charge < -0.3 is 20.5 Å². The van der Waals surface area contributed by atoms with E-state index in [2.05, 4.69) is 26.1 Å². The second kappa shape index (κ2) is 11.5. The molecule has 1 saturated heterocycles. The van der Waals surface area contributed by atoms with Crippen molar-refractivity contribution in [2.75, 3.05) is 39.1 Å². The molecule has 9 heteroatoms. The second-order valence-electron chi connectivity index (χ2n) is 7.70. The average Bonchev–Trinajstić information content (AvgIpc) is 2.78. The molecule has 2 aromatic rings. The number of likely N-dealkylation sites (tertiary alicyclic amines) is 1. The van der Waals surface area contributed by atoms with E-state index in [4.69, 9.17) is 26.8 Å². The van der Waals surface area contributed by atoms with Crippen molar-refractivity contribution in [3.8, 4) is 5.75 Å². The summed E-state index contributed by atoms with van der Waals surface area (Å²) in [6.07, 6.45) is 2.10. The second-order valence-corrected chi connectivity index (χ2v) is 9.02. The van der Waals surface area contributed by atoms with Crippen molar-refractivity contribution in [2.45, 2.75) is 25.3 Å². The molecule has 1 fully saturated rings. The maximum Gasteiger partial charge on any atom is 0.342 e. The Morgan fingerprint density at radius 2 is 1.91 bits per heavy atom. The number of ether oxygens (including phenoxy) is 2. The number of esters is 1. The molecule has 0 atom stereocenters. The SMILES string of the molecule is COc1cc(N)c(Cl)cc1C(=O)OCCN1CCC(NC(=O)Cc2ccc(Br)cc2)CC1. The third kappa shape index (κ3) is 6.85. The molecule has 0 aromatic heterocycles. The van der Waals surface area contributed by atoms with Crippen LogP contribution in [-0.4, -0.2) is 56.2 Å². The van der Waals surface area contributed by atoms with Crippen molar-refractivity contribution in [3.63, 3.8) is 0 Å². The smallest absolute Gasteiger partial charge is 0.342 e. The summed E-state index contributed by atoms with van der Waals surface area (Å²) in [5.41, 5.74) is 7.33. The van der Waals surface area contributed by atoms with E-state index in [9.17, 15) is 9.59 Å². The van der Waals surface area contributed by atoms with E-state index in [1.807, 2.05) is 24.3 Å². The minimum Gasteiger partial charge on any atom is -0.496 e. The van der Waals surface area contributed by atoms with Gasteiger partial charge in [-0.05, 0) is 36.6 Å². The van der Waals surface area contributed by atoms with Crippen molar-refractivity contribution in [3.05, 3.63) is 57.0 Å². The van der Waals surface area contributed by atoms with Crippen LogP contribution >= 0.6 is 27.5 Å². The number of hydrogen-bond donors (Lipinski definition) is 2. The first-order chi connectivity index (χ1) is 15.4. The standard InChI is InChI=1S/C23H27BrClN3O4/c1-31-21-14-20(26)19(25)13-18(21)23(30)32-11-10-28-8-6-17(7-9-28)27-22(29)12-15-2-4-16(24)5-3-15/h2-5,13-14,17H,6-12,26H2,1H3,(H,27,29). The van der Waals surface area contributed by atoms with Crippen molar-refractivity contribution in [1.82, 2.24) is 10.2 Å². The molecule has 0 spiro atoms. The number of nitrogens with two attached hydrogens (primary N) is 1. The molecule has 0 aliphatic carbocycles. The number of hydrogen-bond acceptors (Lipinski definition) is 6. The zero-order valence-corrected chi connectivity index (χ0v) is 20.2. The average molecular weight is 525 g/mol. The highest BCUT2D eigenvalue weighted by Gasteiger charge is 2.22. The summed E-state index contributed by atoms with van der Waals surface area (Å²) in [5, 5.41) is 3.40. The zero-order valence-electron chi connectivity index (χ0n) is 17.9. The largest absolute Gasteiger partial charge is 0.496 e. The Labute approximate surface area is 201 Å². The molecule has 0 saturated carbocycles. The molecular formula is C23H27BrClN3O4. The summed E-state index contributed by atoms with van der Waals surface area (Å²) in [4.78, 5) is 26.9. The number of nitrogens with one attached hydrogen (secondary N) is 1. The molecule has 0 radical (unpaired) electrons. The van der Waals surface area contributed by atoms with Gasteiger partial charge in [0.25, 0.3) is 0 Å². The van der Waals surface area contributed by atoms with Crippen LogP contribution in [0.15, 0.2) is 40.9 Å². The van der Waals surface area contributed by atoms with Gasteiger partial charge in [-0.25, -0.2) is 4.79 Å². The highest BCUT2D eigenvalue weighted by Crippen LogP contribution is 2.29. The first kappa shape index (κ1) is 24.4. The fraction of sp³-hybridized carbons (Fsp3) is 0.391. The molecular weight excluding hydrogens is 498 g/mol. The summed E-state index contributed by atoms with van der Waals surface area (Å²) in [6.45, 7) is 2.54. The normalized spacial score (nSPS) is 14.7. The van der Waals surface area contributed by atoms with Gasteiger partial charge in [0.05, 0.1) is 24.2 Å². The monoisotopic (exact) mass is 523 g/mol. The molecule has 0 unspecified atom stereocenters. The molecule has 3 N–H and O–H groups in total. The van der Waals surface area contributed by atoms with E-state index >= 15 is 0 Å². The topological polar surface area (TPSA) is 93.9 Å². The molecule has 7 nitrogen and oxygen atoms in total. The number of rotatable bonds is 8. The van der Waals surface area contributed by atoms with Crippen molar-refractivity contribution < 1.29 is 19.1 Å². The first-order valence-corrected chi connectivity index (χ1v) is 11.6. The fourth-order valence-electron chi connectivity index (χ4n) is 3.61. The lowest BCUT2D eigenvalue weighted by molar-refractivity contribution is -0.121. The van der Waals surface area contributed by atoms with Gasteiger partial charge in [-0.1, -0.05) is 39.7 Å². The minimum atomic E-state index is -0.501. The lowest BCUT2D eigenvalue weighted by Crippen LogP contribution is -2.45. The van der Waals surface area contributed by atoms with Gasteiger partial charge in [-0.15, -0.1) is 0 Å². The van der Waals surface area contributed by atoms with Gasteiger partial charge in [-0.2, -0.15) is 0 Å². The lowest BCUT2D eigenvalue weighted by atomic mass is 10.0. The van der Waals surface area contributed by atoms with Crippen LogP contribution in [-0.2, 0) is 16.0 Å². The Hall–Kier alpha value is -2.29. The molecule has 0 bridgehead atoms. The quantitative estimate of drug-likeness (QED) is 0.404. The zero-order chi connectivity index (χ0) is 23.1. The van der Waals surface area contributed by atoms with Crippen LogP contribution in [0.25, 0.3) is 0 Å². The molecule has 1 amide bonds. The number of piperidine rings is 1. The summed E-state index contributed by atoms with van der Waals surface area (Å²) >= 11 is 9.41. The Bertz CT molecular complexity index is 947. The fourth-order valence-corrected chi connectivity index (χ4v) is 4.04. The predicted molar refractivity (Wildman–Crippen MR) is 128 cm³/mol. The number of carbonyl (C=O) groups is 2. The first-order valence-electron chi connectivity index (χ1n) is 10.4. The number of nitrogen functional groups attached to an aromatic ring is 1. The van der Waals surface area contributed by atoms with Crippen molar-refractivity contribution in [2.24, 2.45) is 0 Å². The van der Waals surface area contributed by atoms with Gasteiger partial charge in [0.1, 0.15) is 17.9 Å². The van der Waals surface area contributed by atoms with E-state index in [0.29, 0.717) is 24.4 Å². The maximum atomic E-state index is 12.4. The number of halogens is 2. The van der Waals surface area contributed by atoms with E-state index in [-0.39, 0.29) is 29.1 Å². The lowest BCUT2D eigenvalue weighted by Gasteiger charge is -2.32. The minimum absolute atomic E-state index is 0.0378. The molecule has 172 valence electrons. The molecule has 2 aromatic carbocycles. The highest BCUT2D eigenvalue weighted by atomic mass is 79.9. The van der Waals surface area contributed by atoms with Gasteiger partial charge in [0, 0.05) is 36.2 Å². The predicted octanol–water partition coefficient (Wildman–Crippen LogP) is 3.67. The maximum absolute atomic E-state index is 12.4. The highest BCUT2D eigenvalue weighted by molar-refractivity contribution is 9.10. The van der Waals surface area contributed by atoms with E-state index in [1.54, 1.807) is 0 Å². The van der Waals surface area contributed by atoms with Crippen LogP contribution < -0.4 is 15.8 Å². The number of methoxy groups -OCH3 is 1. The number of amides is 1. The van der Waals surface area contributed by atoms with E-state index in [0.717, 1.165) is 36.0 Å². The summed E-state index contributed by atoms with van der Waals surface area (Å²) in [6, 6.07) is 10.9. The van der Waals surface area contributed by atoms with Crippen LogP contribution in [0.2, 0.25) is 5.02 Å². The third-order valence-electron chi connectivity index (χ3n) is 5.41. The number of nitrogens with zero attached hydrogens (tertiary/aromatic N) is 1. The molecule has 32 heavy (non-hydrogen) atoms. The van der Waals surface area contributed by atoms with Crippen LogP contribution in [0.4, 0.5) is 5.69 Å². The van der Waals surface area contributed by atoms with E-state index < -0.39 is 5.97 Å². The molecule has 3 rings (SSSR count). The number of anilines is 1. The van der Waals surface area contributed by atoms with E-state index in [1.165, 1.54) is 19.2 Å².